The van der Waals surface area contributed by atoms with Crippen LogP contribution in [0.1, 0.15) is 11.1 Å². The Morgan fingerprint density at radius 1 is 1.20 bits per heavy atom. The van der Waals surface area contributed by atoms with E-state index in [1.165, 1.54) is 5.56 Å². The van der Waals surface area contributed by atoms with Crippen LogP contribution in [0.3, 0.4) is 0 Å². The maximum atomic E-state index is 11.7. The summed E-state index contributed by atoms with van der Waals surface area (Å²) in [5, 5.41) is 13.8. The van der Waals surface area contributed by atoms with Gasteiger partial charge in [0.25, 0.3) is 0 Å². The predicted octanol–water partition coefficient (Wildman–Crippen LogP) is 0.432. The Morgan fingerprint density at radius 3 is 2.25 bits per heavy atom. The summed E-state index contributed by atoms with van der Waals surface area (Å²) in [6, 6.07) is 7.75. The molecule has 0 saturated carbocycles. The molecule has 5 nitrogen and oxygen atoms in total. The quantitative estimate of drug-likeness (QED) is 0.817. The van der Waals surface area contributed by atoms with Gasteiger partial charge in [0.1, 0.15) is 0 Å². The van der Waals surface area contributed by atoms with E-state index in [1.807, 2.05) is 55.3 Å². The van der Waals surface area contributed by atoms with Crippen LogP contribution in [0.15, 0.2) is 24.3 Å². The second kappa shape index (κ2) is 5.81. The van der Waals surface area contributed by atoms with Crippen molar-refractivity contribution in [3.05, 3.63) is 35.4 Å². The van der Waals surface area contributed by atoms with Gasteiger partial charge < -0.3 is 5.11 Å². The number of nitrogens with zero attached hydrogens (tertiary/aromatic N) is 2. The topological polar surface area (TPSA) is 60.9 Å². The maximum Gasteiger partial charge on any atom is 0.154 e. The fraction of sp³-hybridized carbons (Fsp3) is 0.571. The normalized spacial score (nSPS) is 25.5. The van der Waals surface area contributed by atoms with E-state index in [-0.39, 0.29) is 17.5 Å². The predicted molar refractivity (Wildman–Crippen MR) is 78.9 cm³/mol. The molecule has 1 aromatic carbocycles. The van der Waals surface area contributed by atoms with E-state index in [1.54, 1.807) is 0 Å². The van der Waals surface area contributed by atoms with Gasteiger partial charge in [-0.2, -0.15) is 0 Å². The van der Waals surface area contributed by atoms with Gasteiger partial charge in [-0.3, -0.25) is 0 Å². The molecule has 6 heteroatoms. The Hall–Kier alpha value is -0.950. The van der Waals surface area contributed by atoms with Crippen molar-refractivity contribution < 1.29 is 13.5 Å². The van der Waals surface area contributed by atoms with Gasteiger partial charge in [-0.1, -0.05) is 29.8 Å². The first-order valence-corrected chi connectivity index (χ1v) is 8.48. The summed E-state index contributed by atoms with van der Waals surface area (Å²) in [6.07, 6.45) is -0.826. The summed E-state index contributed by atoms with van der Waals surface area (Å²) in [5.41, 5.74) is 2.29. The third-order valence-electron chi connectivity index (χ3n) is 3.66. The average Bonchev–Trinajstić information content (AvgIpc) is 2.61. The van der Waals surface area contributed by atoms with Crippen molar-refractivity contribution in [2.45, 2.75) is 25.6 Å². The van der Waals surface area contributed by atoms with Crippen molar-refractivity contribution in [2.24, 2.45) is 0 Å². The van der Waals surface area contributed by atoms with Gasteiger partial charge in [0.2, 0.25) is 0 Å². The lowest BCUT2D eigenvalue weighted by Crippen LogP contribution is -2.49. The van der Waals surface area contributed by atoms with E-state index < -0.39 is 15.9 Å². The number of aryl methyl sites for hydroxylation is 1. The summed E-state index contributed by atoms with van der Waals surface area (Å²) in [5.74, 6) is -0.131. The Morgan fingerprint density at radius 2 is 1.80 bits per heavy atom. The molecule has 20 heavy (non-hydrogen) atoms. The summed E-state index contributed by atoms with van der Waals surface area (Å²) >= 11 is 0. The first kappa shape index (κ1) is 15.4. The summed E-state index contributed by atoms with van der Waals surface area (Å²) in [7, 11) is 0.593. The van der Waals surface area contributed by atoms with Gasteiger partial charge in [0.05, 0.1) is 23.7 Å². The molecule has 1 aliphatic rings. The van der Waals surface area contributed by atoms with Crippen molar-refractivity contribution in [2.75, 3.05) is 25.6 Å². The minimum absolute atomic E-state index is 0.0121. The summed E-state index contributed by atoms with van der Waals surface area (Å²) in [4.78, 5) is 0. The molecule has 0 amide bonds. The lowest BCUT2D eigenvalue weighted by molar-refractivity contribution is -0.0558. The highest BCUT2D eigenvalue weighted by molar-refractivity contribution is 7.91. The molecule has 112 valence electrons. The van der Waals surface area contributed by atoms with E-state index >= 15 is 0 Å². The van der Waals surface area contributed by atoms with Crippen molar-refractivity contribution in [1.82, 2.24) is 10.0 Å². The molecule has 0 bridgehead atoms. The van der Waals surface area contributed by atoms with Crippen LogP contribution in [0.4, 0.5) is 0 Å². The van der Waals surface area contributed by atoms with Crippen molar-refractivity contribution in [1.29, 1.82) is 0 Å². The molecule has 2 atom stereocenters. The molecule has 2 rings (SSSR count). The Kier molecular flexibility index (Phi) is 4.49. The highest BCUT2D eigenvalue weighted by Gasteiger charge is 2.40. The van der Waals surface area contributed by atoms with Crippen LogP contribution in [0, 0.1) is 6.92 Å². The van der Waals surface area contributed by atoms with Gasteiger partial charge >= 0.3 is 0 Å². The summed E-state index contributed by atoms with van der Waals surface area (Å²) in [6.45, 7) is 2.62. The molecule has 1 heterocycles. The molecule has 0 aliphatic carbocycles. The molecule has 1 fully saturated rings. The second-order valence-corrected chi connectivity index (χ2v) is 7.80. The third kappa shape index (κ3) is 3.58. The van der Waals surface area contributed by atoms with Gasteiger partial charge in [0, 0.05) is 20.6 Å². The zero-order valence-electron chi connectivity index (χ0n) is 12.2. The van der Waals surface area contributed by atoms with E-state index in [9.17, 15) is 13.5 Å². The number of hydrogen-bond acceptors (Lipinski definition) is 5. The fourth-order valence-electron chi connectivity index (χ4n) is 2.53. The molecule has 1 aromatic rings. The van der Waals surface area contributed by atoms with Crippen molar-refractivity contribution in [3.63, 3.8) is 0 Å². The Bertz CT molecular complexity index is 554. The number of hydrazine groups is 1. The van der Waals surface area contributed by atoms with Crippen LogP contribution >= 0.6 is 0 Å². The number of hydrogen-bond donors (Lipinski definition) is 1. The van der Waals surface area contributed by atoms with Gasteiger partial charge in [-0.15, -0.1) is 0 Å². The fourth-order valence-corrected chi connectivity index (χ4v) is 4.32. The smallest absolute Gasteiger partial charge is 0.154 e. The largest absolute Gasteiger partial charge is 0.390 e. The highest BCUT2D eigenvalue weighted by atomic mass is 32.2. The molecular formula is C14H22N2O3S. The van der Waals surface area contributed by atoms with Crippen LogP contribution in [0.25, 0.3) is 0 Å². The molecule has 1 aliphatic heterocycles. The standard InChI is InChI=1S/C14H22N2O3S/c1-11-4-6-12(7-5-11)8-16(15(2)3)13-9-20(18,19)10-14(13)17/h4-7,13-14,17H,8-10H2,1-3H3/t13-,14-/m1/s1. The minimum atomic E-state index is -3.14. The first-order valence-electron chi connectivity index (χ1n) is 6.66. The number of rotatable bonds is 4. The lowest BCUT2D eigenvalue weighted by Gasteiger charge is -2.35. The van der Waals surface area contributed by atoms with E-state index in [0.29, 0.717) is 6.54 Å². The zero-order chi connectivity index (χ0) is 14.9. The van der Waals surface area contributed by atoms with Crippen LogP contribution in [0.2, 0.25) is 0 Å². The molecule has 0 spiro atoms. The SMILES string of the molecule is Cc1ccc(CN([C@@H]2CS(=O)(=O)C[C@H]2O)N(C)C)cc1. The highest BCUT2D eigenvalue weighted by Crippen LogP contribution is 2.21. The first-order chi connectivity index (χ1) is 9.28. The van der Waals surface area contributed by atoms with Gasteiger partial charge in [-0.25, -0.2) is 18.4 Å². The van der Waals surface area contributed by atoms with Crippen LogP contribution in [-0.4, -0.2) is 61.3 Å². The number of sulfone groups is 1. The maximum absolute atomic E-state index is 11.7. The molecule has 1 N–H and O–H groups in total. The number of aliphatic hydroxyl groups is 1. The summed E-state index contributed by atoms with van der Waals surface area (Å²) < 4.78 is 23.3. The molecule has 0 aromatic heterocycles. The molecule has 0 radical (unpaired) electrons. The molecule has 0 unspecified atom stereocenters. The number of aliphatic hydroxyl groups excluding tert-OH is 1. The molecule has 1 saturated heterocycles. The minimum Gasteiger partial charge on any atom is -0.390 e. The second-order valence-electron chi connectivity index (χ2n) is 5.64. The van der Waals surface area contributed by atoms with E-state index in [4.69, 9.17) is 0 Å². The molecular weight excluding hydrogens is 276 g/mol. The number of benzene rings is 1. The van der Waals surface area contributed by atoms with E-state index in [0.717, 1.165) is 5.56 Å². The lowest BCUT2D eigenvalue weighted by atomic mass is 10.1. The zero-order valence-corrected chi connectivity index (χ0v) is 13.0. The van der Waals surface area contributed by atoms with Crippen molar-refractivity contribution in [3.8, 4) is 0 Å². The van der Waals surface area contributed by atoms with Gasteiger partial charge in [0.15, 0.2) is 9.84 Å². The van der Waals surface area contributed by atoms with Crippen LogP contribution in [0.5, 0.6) is 0 Å². The van der Waals surface area contributed by atoms with Crippen LogP contribution < -0.4 is 0 Å². The average molecular weight is 298 g/mol. The third-order valence-corrected chi connectivity index (χ3v) is 5.35. The Labute approximate surface area is 120 Å². The van der Waals surface area contributed by atoms with Crippen LogP contribution in [-0.2, 0) is 16.4 Å². The van der Waals surface area contributed by atoms with Gasteiger partial charge in [-0.05, 0) is 12.5 Å². The monoisotopic (exact) mass is 298 g/mol. The van der Waals surface area contributed by atoms with Crippen molar-refractivity contribution >= 4 is 9.84 Å². The Balaban J connectivity index is 2.17. The van der Waals surface area contributed by atoms with E-state index in [2.05, 4.69) is 0 Å².